The fraction of sp³-hybridized carbons (Fsp3) is 0.227. The van der Waals surface area contributed by atoms with E-state index in [2.05, 4.69) is 24.4 Å². The Morgan fingerprint density at radius 1 is 0.960 bits per heavy atom. The van der Waals surface area contributed by atoms with Crippen LogP contribution >= 0.6 is 0 Å². The maximum atomic E-state index is 12.3. The Morgan fingerprint density at radius 2 is 1.64 bits per heavy atom. The van der Waals surface area contributed by atoms with Gasteiger partial charge in [-0.25, -0.2) is 0 Å². The molecule has 128 valence electrons. The van der Waals surface area contributed by atoms with Gasteiger partial charge in [0.15, 0.2) is 0 Å². The highest BCUT2D eigenvalue weighted by Gasteiger charge is 2.10. The molecule has 1 heterocycles. The van der Waals surface area contributed by atoms with Crippen molar-refractivity contribution in [2.45, 2.75) is 33.6 Å². The summed E-state index contributed by atoms with van der Waals surface area (Å²) in [6.45, 7) is 6.11. The molecule has 3 rings (SSSR count). The van der Waals surface area contributed by atoms with Crippen molar-refractivity contribution in [2.75, 3.05) is 5.32 Å². The molecule has 1 amide bonds. The lowest BCUT2D eigenvalue weighted by Gasteiger charge is -2.12. The molecule has 0 radical (unpaired) electrons. The predicted octanol–water partition coefficient (Wildman–Crippen LogP) is 5.44. The summed E-state index contributed by atoms with van der Waals surface area (Å²) in [5.41, 5.74) is 5.35. The van der Waals surface area contributed by atoms with E-state index in [1.54, 1.807) is 0 Å². The molecule has 0 atom stereocenters. The zero-order valence-corrected chi connectivity index (χ0v) is 14.9. The minimum atomic E-state index is 0.00714. The lowest BCUT2D eigenvalue weighted by atomic mass is 10.0. The third kappa shape index (κ3) is 4.18. The second-order valence-corrected chi connectivity index (χ2v) is 6.45. The third-order valence-corrected chi connectivity index (χ3v) is 4.26. The number of furan rings is 1. The highest BCUT2D eigenvalue weighted by molar-refractivity contribution is 5.92. The molecule has 2 aromatic carbocycles. The van der Waals surface area contributed by atoms with Crippen molar-refractivity contribution in [1.82, 2.24) is 0 Å². The van der Waals surface area contributed by atoms with Crippen LogP contribution in [0.4, 0.5) is 5.69 Å². The van der Waals surface area contributed by atoms with Crippen LogP contribution < -0.4 is 5.32 Å². The van der Waals surface area contributed by atoms with Gasteiger partial charge in [-0.05, 0) is 44.0 Å². The molecule has 0 fully saturated rings. The molecular weight excluding hydrogens is 310 g/mol. The average Bonchev–Trinajstić information content (AvgIpc) is 3.06. The molecule has 1 N–H and O–H groups in total. The predicted molar refractivity (Wildman–Crippen MR) is 102 cm³/mol. The van der Waals surface area contributed by atoms with Crippen molar-refractivity contribution in [2.24, 2.45) is 0 Å². The molecule has 3 nitrogen and oxygen atoms in total. The summed E-state index contributed by atoms with van der Waals surface area (Å²) in [6, 6.07) is 18.0. The van der Waals surface area contributed by atoms with E-state index in [1.165, 1.54) is 5.56 Å². The summed E-state index contributed by atoms with van der Waals surface area (Å²) in [4.78, 5) is 12.3. The summed E-state index contributed by atoms with van der Waals surface area (Å²) in [5.74, 6) is 1.67. The lowest BCUT2D eigenvalue weighted by molar-refractivity contribution is -0.116. The largest absolute Gasteiger partial charge is 0.461 e. The fourth-order valence-electron chi connectivity index (χ4n) is 3.09. The van der Waals surface area contributed by atoms with E-state index in [0.717, 1.165) is 33.9 Å². The normalized spacial score (nSPS) is 10.7. The number of aryl methyl sites for hydroxylation is 4. The number of hydrogen-bond acceptors (Lipinski definition) is 2. The first-order chi connectivity index (χ1) is 12.0. The standard InChI is InChI=1S/C22H23NO2/c1-15-13-16(2)22(17(3)14-15)23-21(24)12-10-19-9-11-20(25-19)18-7-5-4-6-8-18/h4-9,11,13-14H,10,12H2,1-3H3,(H,23,24). The van der Waals surface area contributed by atoms with E-state index in [4.69, 9.17) is 4.42 Å². The monoisotopic (exact) mass is 333 g/mol. The quantitative estimate of drug-likeness (QED) is 0.675. The maximum Gasteiger partial charge on any atom is 0.224 e. The van der Waals surface area contributed by atoms with E-state index in [0.29, 0.717) is 12.8 Å². The van der Waals surface area contributed by atoms with Gasteiger partial charge in [0.2, 0.25) is 5.91 Å². The second-order valence-electron chi connectivity index (χ2n) is 6.45. The molecule has 0 unspecified atom stereocenters. The number of hydrogen-bond donors (Lipinski definition) is 1. The molecule has 1 aromatic heterocycles. The maximum absolute atomic E-state index is 12.3. The topological polar surface area (TPSA) is 42.2 Å². The SMILES string of the molecule is Cc1cc(C)c(NC(=O)CCc2ccc(-c3ccccc3)o2)c(C)c1. The van der Waals surface area contributed by atoms with Gasteiger partial charge < -0.3 is 9.73 Å². The Hall–Kier alpha value is -2.81. The number of carbonyl (C=O) groups excluding carboxylic acids is 1. The number of rotatable bonds is 5. The molecule has 0 spiro atoms. The number of benzene rings is 2. The zero-order chi connectivity index (χ0) is 17.8. The van der Waals surface area contributed by atoms with Gasteiger partial charge in [-0.2, -0.15) is 0 Å². The number of anilines is 1. The van der Waals surface area contributed by atoms with Crippen molar-refractivity contribution in [1.29, 1.82) is 0 Å². The van der Waals surface area contributed by atoms with Crippen molar-refractivity contribution in [3.05, 3.63) is 77.0 Å². The Kier molecular flexibility index (Phi) is 5.03. The highest BCUT2D eigenvalue weighted by Crippen LogP contribution is 2.24. The first kappa shape index (κ1) is 17.0. The molecule has 0 aliphatic carbocycles. The highest BCUT2D eigenvalue weighted by atomic mass is 16.3. The molecule has 0 aliphatic rings. The molecule has 3 aromatic rings. The van der Waals surface area contributed by atoms with Crippen molar-refractivity contribution < 1.29 is 9.21 Å². The van der Waals surface area contributed by atoms with E-state index < -0.39 is 0 Å². The Labute approximate surface area is 148 Å². The van der Waals surface area contributed by atoms with Crippen LogP contribution in [0.2, 0.25) is 0 Å². The van der Waals surface area contributed by atoms with Crippen LogP contribution in [-0.2, 0) is 11.2 Å². The summed E-state index contributed by atoms with van der Waals surface area (Å²) < 4.78 is 5.85. The Balaban J connectivity index is 1.61. The molecule has 0 saturated carbocycles. The molecule has 3 heteroatoms. The first-order valence-electron chi connectivity index (χ1n) is 8.55. The van der Waals surface area contributed by atoms with Crippen LogP contribution in [0.3, 0.4) is 0 Å². The van der Waals surface area contributed by atoms with Crippen molar-refractivity contribution in [3.8, 4) is 11.3 Å². The van der Waals surface area contributed by atoms with Gasteiger partial charge in [-0.15, -0.1) is 0 Å². The average molecular weight is 333 g/mol. The van der Waals surface area contributed by atoms with Crippen LogP contribution in [0.1, 0.15) is 28.9 Å². The third-order valence-electron chi connectivity index (χ3n) is 4.26. The molecule has 25 heavy (non-hydrogen) atoms. The number of amides is 1. The van der Waals surface area contributed by atoms with Crippen LogP contribution in [0.15, 0.2) is 59.0 Å². The second kappa shape index (κ2) is 7.39. The fourth-order valence-corrected chi connectivity index (χ4v) is 3.09. The molecule has 0 bridgehead atoms. The van der Waals surface area contributed by atoms with Gasteiger partial charge >= 0.3 is 0 Å². The summed E-state index contributed by atoms with van der Waals surface area (Å²) in [7, 11) is 0. The zero-order valence-electron chi connectivity index (χ0n) is 14.9. The van der Waals surface area contributed by atoms with Gasteiger partial charge in [0.25, 0.3) is 0 Å². The van der Waals surface area contributed by atoms with Gasteiger partial charge in [-0.1, -0.05) is 48.0 Å². The summed E-state index contributed by atoms with van der Waals surface area (Å²) in [6.07, 6.45) is 0.983. The molecule has 0 saturated heterocycles. The smallest absolute Gasteiger partial charge is 0.224 e. The van der Waals surface area contributed by atoms with E-state index >= 15 is 0 Å². The number of carbonyl (C=O) groups is 1. The van der Waals surface area contributed by atoms with Crippen LogP contribution in [0.25, 0.3) is 11.3 Å². The Bertz CT molecular complexity index is 855. The first-order valence-corrected chi connectivity index (χ1v) is 8.55. The summed E-state index contributed by atoms with van der Waals surface area (Å²) in [5, 5.41) is 3.03. The lowest BCUT2D eigenvalue weighted by Crippen LogP contribution is -2.14. The van der Waals surface area contributed by atoms with Crippen LogP contribution in [0, 0.1) is 20.8 Å². The van der Waals surface area contributed by atoms with Crippen LogP contribution in [0.5, 0.6) is 0 Å². The molecular formula is C22H23NO2. The van der Waals surface area contributed by atoms with E-state index in [-0.39, 0.29) is 5.91 Å². The minimum Gasteiger partial charge on any atom is -0.461 e. The minimum absolute atomic E-state index is 0.00714. The number of nitrogens with one attached hydrogen (secondary N) is 1. The Morgan fingerprint density at radius 3 is 2.32 bits per heavy atom. The summed E-state index contributed by atoms with van der Waals surface area (Å²) >= 11 is 0. The van der Waals surface area contributed by atoms with Gasteiger partial charge in [-0.3, -0.25) is 4.79 Å². The van der Waals surface area contributed by atoms with Gasteiger partial charge in [0.05, 0.1) is 0 Å². The van der Waals surface area contributed by atoms with E-state index in [1.807, 2.05) is 56.3 Å². The van der Waals surface area contributed by atoms with Crippen LogP contribution in [-0.4, -0.2) is 5.91 Å². The van der Waals surface area contributed by atoms with Gasteiger partial charge in [0, 0.05) is 24.1 Å². The van der Waals surface area contributed by atoms with E-state index in [9.17, 15) is 4.79 Å². The van der Waals surface area contributed by atoms with Gasteiger partial charge in [0.1, 0.15) is 11.5 Å². The van der Waals surface area contributed by atoms with Crippen molar-refractivity contribution >= 4 is 11.6 Å². The van der Waals surface area contributed by atoms with Crippen molar-refractivity contribution in [3.63, 3.8) is 0 Å². The molecule has 0 aliphatic heterocycles.